The predicted octanol–water partition coefficient (Wildman–Crippen LogP) is 2.72. The molecule has 2 aromatic heterocycles. The molecular weight excluding hydrogens is 352 g/mol. The summed E-state index contributed by atoms with van der Waals surface area (Å²) in [7, 11) is 3.22. The van der Waals surface area contributed by atoms with Crippen LogP contribution >= 0.6 is 12.2 Å². The molecule has 0 atom stereocenters. The average molecular weight is 370 g/mol. The van der Waals surface area contributed by atoms with Crippen LogP contribution in [-0.4, -0.2) is 45.5 Å². The lowest BCUT2D eigenvalue weighted by Gasteiger charge is -2.07. The van der Waals surface area contributed by atoms with E-state index in [0.717, 1.165) is 30.5 Å². The number of nitrogens with zero attached hydrogens (tertiary/aromatic N) is 4. The lowest BCUT2D eigenvalue weighted by atomic mass is 10.2. The largest absolute Gasteiger partial charge is 0.497 e. The maximum atomic E-state index is 5.40. The van der Waals surface area contributed by atoms with Gasteiger partial charge in [-0.3, -0.25) is 5.10 Å². The van der Waals surface area contributed by atoms with Crippen molar-refractivity contribution in [1.82, 2.24) is 25.1 Å². The molecule has 0 fully saturated rings. The van der Waals surface area contributed by atoms with E-state index in [1.807, 2.05) is 12.1 Å². The van der Waals surface area contributed by atoms with Gasteiger partial charge in [-0.25, -0.2) is 5.10 Å². The van der Waals surface area contributed by atoms with Crippen molar-refractivity contribution in [3.63, 3.8) is 0 Å². The van der Waals surface area contributed by atoms with Gasteiger partial charge in [0, 0.05) is 22.9 Å². The van der Waals surface area contributed by atoms with Crippen molar-refractivity contribution >= 4 is 18.4 Å². The Hall–Kier alpha value is -2.94. The maximum Gasteiger partial charge on any atom is 0.216 e. The summed E-state index contributed by atoms with van der Waals surface area (Å²) >= 11 is 5.33. The molecule has 2 N–H and O–H groups in total. The lowest BCUT2D eigenvalue weighted by molar-refractivity contribution is 0.394. The molecule has 0 saturated carbocycles. The predicted molar refractivity (Wildman–Crippen MR) is 99.6 cm³/mol. The molecule has 1 aliphatic carbocycles. The number of ether oxygens (including phenoxy) is 2. The van der Waals surface area contributed by atoms with Crippen molar-refractivity contribution in [1.29, 1.82) is 0 Å². The third-order valence-electron chi connectivity index (χ3n) is 4.42. The minimum Gasteiger partial charge on any atom is -0.497 e. The van der Waals surface area contributed by atoms with Crippen LogP contribution in [0.15, 0.2) is 23.3 Å². The first-order valence-corrected chi connectivity index (χ1v) is 8.62. The highest BCUT2D eigenvalue weighted by Crippen LogP contribution is 2.29. The van der Waals surface area contributed by atoms with Gasteiger partial charge in [0.1, 0.15) is 17.2 Å². The number of hydrogen-bond acceptors (Lipinski definition) is 6. The van der Waals surface area contributed by atoms with E-state index >= 15 is 0 Å². The molecule has 0 bridgehead atoms. The summed E-state index contributed by atoms with van der Waals surface area (Å²) < 4.78 is 12.6. The topological polar surface area (TPSA) is 93.1 Å². The molecule has 134 valence electrons. The van der Waals surface area contributed by atoms with Gasteiger partial charge in [0.25, 0.3) is 0 Å². The van der Waals surface area contributed by atoms with E-state index in [1.54, 1.807) is 31.2 Å². The van der Waals surface area contributed by atoms with Crippen molar-refractivity contribution in [3.05, 3.63) is 39.8 Å². The number of hydrogen-bond donors (Lipinski definition) is 2. The molecule has 0 radical (unpaired) electrons. The van der Waals surface area contributed by atoms with Crippen LogP contribution in [0.25, 0.3) is 11.5 Å². The van der Waals surface area contributed by atoms with Gasteiger partial charge >= 0.3 is 0 Å². The highest BCUT2D eigenvalue weighted by molar-refractivity contribution is 7.71. The van der Waals surface area contributed by atoms with Gasteiger partial charge in [0.05, 0.1) is 20.4 Å². The van der Waals surface area contributed by atoms with Gasteiger partial charge < -0.3 is 9.47 Å². The smallest absolute Gasteiger partial charge is 0.216 e. The summed E-state index contributed by atoms with van der Waals surface area (Å²) in [4.78, 5) is 0. The lowest BCUT2D eigenvalue weighted by Crippen LogP contribution is -1.98. The van der Waals surface area contributed by atoms with Crippen LogP contribution in [0.5, 0.6) is 11.5 Å². The first-order chi connectivity index (χ1) is 12.7. The summed E-state index contributed by atoms with van der Waals surface area (Å²) in [5.41, 5.74) is 3.96. The molecule has 2 heterocycles. The third-order valence-corrected chi connectivity index (χ3v) is 4.69. The van der Waals surface area contributed by atoms with E-state index in [9.17, 15) is 0 Å². The number of aromatic amines is 2. The van der Waals surface area contributed by atoms with Crippen LogP contribution in [0, 0.1) is 4.77 Å². The number of aryl methyl sites for hydroxylation is 1. The molecule has 1 aromatic carbocycles. The van der Waals surface area contributed by atoms with E-state index in [1.165, 1.54) is 11.3 Å². The van der Waals surface area contributed by atoms with Crippen molar-refractivity contribution in [2.75, 3.05) is 14.2 Å². The molecule has 0 spiro atoms. The van der Waals surface area contributed by atoms with Gasteiger partial charge in [-0.1, -0.05) is 0 Å². The van der Waals surface area contributed by atoms with Crippen molar-refractivity contribution in [2.24, 2.45) is 5.10 Å². The van der Waals surface area contributed by atoms with E-state index in [2.05, 4.69) is 25.5 Å². The quantitative estimate of drug-likeness (QED) is 0.532. The molecule has 26 heavy (non-hydrogen) atoms. The van der Waals surface area contributed by atoms with Gasteiger partial charge in [-0.2, -0.15) is 20.0 Å². The zero-order valence-corrected chi connectivity index (χ0v) is 15.3. The van der Waals surface area contributed by atoms with E-state index in [0.29, 0.717) is 22.1 Å². The Morgan fingerprint density at radius 3 is 2.88 bits per heavy atom. The molecule has 9 heteroatoms. The second kappa shape index (κ2) is 6.75. The number of methoxy groups -OCH3 is 2. The minimum absolute atomic E-state index is 0.401. The first kappa shape index (κ1) is 16.5. The Bertz CT molecular complexity index is 1030. The Morgan fingerprint density at radius 2 is 2.08 bits per heavy atom. The number of nitrogens with one attached hydrogen (secondary N) is 2. The second-order valence-corrected chi connectivity index (χ2v) is 6.29. The van der Waals surface area contributed by atoms with Gasteiger partial charge in [-0.15, -0.1) is 0 Å². The van der Waals surface area contributed by atoms with Crippen LogP contribution in [0.1, 0.15) is 23.2 Å². The maximum absolute atomic E-state index is 5.40. The van der Waals surface area contributed by atoms with E-state index < -0.39 is 0 Å². The summed E-state index contributed by atoms with van der Waals surface area (Å²) in [6, 6.07) is 5.52. The summed E-state index contributed by atoms with van der Waals surface area (Å²) in [6.07, 6.45) is 4.80. The molecule has 4 rings (SSSR count). The van der Waals surface area contributed by atoms with Crippen molar-refractivity contribution in [3.8, 4) is 23.0 Å². The molecule has 0 amide bonds. The van der Waals surface area contributed by atoms with Crippen molar-refractivity contribution in [2.45, 2.75) is 19.3 Å². The zero-order valence-electron chi connectivity index (χ0n) is 14.4. The summed E-state index contributed by atoms with van der Waals surface area (Å²) in [5.74, 6) is 1.97. The molecule has 1 aliphatic rings. The fraction of sp³-hybridized carbons (Fsp3) is 0.294. The number of fused-ring (bicyclic) bond motifs is 1. The molecule has 0 unspecified atom stereocenters. The molecule has 3 aromatic rings. The standard InChI is InChI=1S/C17H18N6O2S/c1-24-11-7-6-10(14(8-11)25-2)9-18-23-16(21-22-17(23)26)15-12-4-3-5-13(12)19-20-15/h6-9H,3-5H2,1-2H3,(H,19,20)(H,22,26)/b18-9-. The first-order valence-electron chi connectivity index (χ1n) is 8.21. The van der Waals surface area contributed by atoms with E-state index in [-0.39, 0.29) is 0 Å². The van der Waals surface area contributed by atoms with Crippen LogP contribution in [0.2, 0.25) is 0 Å². The average Bonchev–Trinajstić information content (AvgIpc) is 3.36. The third kappa shape index (κ3) is 2.80. The number of H-pyrrole nitrogens is 2. The number of rotatable bonds is 5. The monoisotopic (exact) mass is 370 g/mol. The Morgan fingerprint density at radius 1 is 1.19 bits per heavy atom. The van der Waals surface area contributed by atoms with Crippen LogP contribution < -0.4 is 9.47 Å². The van der Waals surface area contributed by atoms with Crippen LogP contribution in [0.3, 0.4) is 0 Å². The number of benzene rings is 1. The molecule has 0 saturated heterocycles. The molecular formula is C17H18N6O2S. The highest BCUT2D eigenvalue weighted by Gasteiger charge is 2.23. The summed E-state index contributed by atoms with van der Waals surface area (Å²) in [6.45, 7) is 0. The zero-order chi connectivity index (χ0) is 18.1. The molecule has 8 nitrogen and oxygen atoms in total. The fourth-order valence-corrected chi connectivity index (χ4v) is 3.28. The normalized spacial score (nSPS) is 13.3. The number of aromatic nitrogens is 5. The Labute approximate surface area is 154 Å². The summed E-state index contributed by atoms with van der Waals surface area (Å²) in [5, 5.41) is 19.1. The van der Waals surface area contributed by atoms with Crippen LogP contribution in [-0.2, 0) is 12.8 Å². The fourth-order valence-electron chi connectivity index (χ4n) is 3.10. The Kier molecular flexibility index (Phi) is 4.29. The SMILES string of the molecule is COc1ccc(/C=N\n2c(-c3n[nH]c4c3CCC4)n[nH]c2=S)c(OC)c1. The molecule has 0 aliphatic heterocycles. The van der Waals surface area contributed by atoms with Crippen LogP contribution in [0.4, 0.5) is 0 Å². The second-order valence-electron chi connectivity index (χ2n) is 5.90. The highest BCUT2D eigenvalue weighted by atomic mass is 32.1. The van der Waals surface area contributed by atoms with Gasteiger partial charge in [0.15, 0.2) is 0 Å². The van der Waals surface area contributed by atoms with Crippen molar-refractivity contribution < 1.29 is 9.47 Å². The van der Waals surface area contributed by atoms with Gasteiger partial charge in [-0.05, 0) is 43.6 Å². The van der Waals surface area contributed by atoms with Gasteiger partial charge in [0.2, 0.25) is 10.6 Å². The minimum atomic E-state index is 0.401. The Balaban J connectivity index is 1.73. The van der Waals surface area contributed by atoms with E-state index in [4.69, 9.17) is 21.7 Å².